The number of hydroxylamine groups is 1. The van der Waals surface area contributed by atoms with E-state index in [2.05, 4.69) is 39.7 Å². The maximum atomic E-state index is 12.7. The summed E-state index contributed by atoms with van der Waals surface area (Å²) in [5, 5.41) is 15.1. The Morgan fingerprint density at radius 3 is 2.57 bits per heavy atom. The van der Waals surface area contributed by atoms with Crippen molar-refractivity contribution in [3.8, 4) is 0 Å². The van der Waals surface area contributed by atoms with Gasteiger partial charge in [-0.2, -0.15) is 4.72 Å². The zero-order valence-corrected chi connectivity index (χ0v) is 21.6. The summed E-state index contributed by atoms with van der Waals surface area (Å²) in [5.41, 5.74) is 3.66. The first kappa shape index (κ1) is 28.1. The smallest absolute Gasteiger partial charge is 0.323 e. The third kappa shape index (κ3) is 8.85. The van der Waals surface area contributed by atoms with Gasteiger partial charge in [0.2, 0.25) is 10.0 Å². The van der Waals surface area contributed by atoms with Crippen LogP contribution in [-0.2, 0) is 30.9 Å². The number of nitrogens with one attached hydrogen (secondary N) is 4. The van der Waals surface area contributed by atoms with Crippen LogP contribution >= 0.6 is 0 Å². The molecule has 12 heteroatoms. The van der Waals surface area contributed by atoms with Gasteiger partial charge in [0.15, 0.2) is 0 Å². The van der Waals surface area contributed by atoms with Crippen molar-refractivity contribution in [1.82, 2.24) is 20.5 Å². The quantitative estimate of drug-likeness (QED) is 0.229. The van der Waals surface area contributed by atoms with E-state index in [4.69, 9.17) is 4.84 Å². The van der Waals surface area contributed by atoms with Gasteiger partial charge in [-0.25, -0.2) is 13.4 Å². The third-order valence-electron chi connectivity index (χ3n) is 5.49. The van der Waals surface area contributed by atoms with Crippen molar-refractivity contribution >= 4 is 27.7 Å². The first-order valence-electron chi connectivity index (χ1n) is 12.0. The molecule has 3 rings (SSSR count). The molecule has 1 amide bonds. The summed E-state index contributed by atoms with van der Waals surface area (Å²) in [6.45, 7) is 4.34. The average Bonchev–Trinajstić information content (AvgIpc) is 3.34. The first-order valence-corrected chi connectivity index (χ1v) is 13.5. The van der Waals surface area contributed by atoms with E-state index in [0.717, 1.165) is 24.2 Å². The number of pyridine rings is 1. The van der Waals surface area contributed by atoms with Crippen LogP contribution in [0.15, 0.2) is 65.3 Å². The van der Waals surface area contributed by atoms with Gasteiger partial charge < -0.3 is 15.7 Å². The Hall–Kier alpha value is -3.48. The van der Waals surface area contributed by atoms with Crippen molar-refractivity contribution in [3.63, 3.8) is 0 Å². The van der Waals surface area contributed by atoms with Crippen LogP contribution < -0.4 is 20.8 Å². The second-order valence-corrected chi connectivity index (χ2v) is 10.8. The molecular weight excluding hydrogens is 498 g/mol. The van der Waals surface area contributed by atoms with Crippen molar-refractivity contribution in [1.29, 1.82) is 0 Å². The van der Waals surface area contributed by atoms with Gasteiger partial charge in [-0.15, -0.1) is 0 Å². The van der Waals surface area contributed by atoms with E-state index in [1.54, 1.807) is 24.4 Å². The lowest BCUT2D eigenvalue weighted by Gasteiger charge is -2.16. The SMILES string of the molecule is CC(C)Cc1ccc(S(=O)(=O)N[C@@H](CNC(=O)C2=CC(CCCNc3ccccn3)ON2)C(=O)O)cc1. The van der Waals surface area contributed by atoms with Crippen molar-refractivity contribution in [2.24, 2.45) is 5.92 Å². The van der Waals surface area contributed by atoms with Gasteiger partial charge in [-0.3, -0.25) is 19.9 Å². The minimum atomic E-state index is -4.11. The fourth-order valence-electron chi connectivity index (χ4n) is 3.65. The number of hydrogen-bond donors (Lipinski definition) is 5. The van der Waals surface area contributed by atoms with E-state index in [1.807, 2.05) is 18.2 Å². The number of anilines is 1. The fraction of sp³-hybridized carbons (Fsp3) is 0.400. The van der Waals surface area contributed by atoms with Crippen molar-refractivity contribution in [3.05, 3.63) is 66.0 Å². The molecule has 1 aromatic carbocycles. The maximum Gasteiger partial charge on any atom is 0.323 e. The highest BCUT2D eigenvalue weighted by Gasteiger charge is 2.27. The number of carboxylic acid groups (broad SMARTS) is 1. The highest BCUT2D eigenvalue weighted by molar-refractivity contribution is 7.89. The molecule has 0 bridgehead atoms. The number of aromatic nitrogens is 1. The van der Waals surface area contributed by atoms with E-state index in [9.17, 15) is 23.1 Å². The Balaban J connectivity index is 1.48. The normalized spacial score (nSPS) is 16.1. The lowest BCUT2D eigenvalue weighted by molar-refractivity contribution is -0.138. The van der Waals surface area contributed by atoms with E-state index >= 15 is 0 Å². The number of amides is 1. The number of hydrogen-bond acceptors (Lipinski definition) is 8. The van der Waals surface area contributed by atoms with Crippen LogP contribution in [0, 0.1) is 5.92 Å². The van der Waals surface area contributed by atoms with E-state index in [0.29, 0.717) is 18.9 Å². The van der Waals surface area contributed by atoms with Crippen LogP contribution in [0.1, 0.15) is 32.3 Å². The predicted molar refractivity (Wildman–Crippen MR) is 138 cm³/mol. The van der Waals surface area contributed by atoms with Gasteiger partial charge in [0, 0.05) is 19.3 Å². The zero-order valence-electron chi connectivity index (χ0n) is 20.8. The van der Waals surface area contributed by atoms with Gasteiger partial charge in [0.05, 0.1) is 4.90 Å². The van der Waals surface area contributed by atoms with E-state index < -0.39 is 34.5 Å². The maximum absolute atomic E-state index is 12.7. The molecule has 2 aromatic rings. The molecule has 0 fully saturated rings. The molecule has 200 valence electrons. The van der Waals surface area contributed by atoms with Gasteiger partial charge in [0.1, 0.15) is 23.7 Å². The number of carboxylic acids is 1. The summed E-state index contributed by atoms with van der Waals surface area (Å²) < 4.78 is 27.5. The van der Waals surface area contributed by atoms with Gasteiger partial charge in [-0.05, 0) is 61.1 Å². The molecule has 1 aliphatic heterocycles. The van der Waals surface area contributed by atoms with Gasteiger partial charge in [-0.1, -0.05) is 32.0 Å². The fourth-order valence-corrected chi connectivity index (χ4v) is 4.83. The number of carbonyl (C=O) groups excluding carboxylic acids is 1. The highest BCUT2D eigenvalue weighted by atomic mass is 32.2. The predicted octanol–water partition coefficient (Wildman–Crippen LogP) is 1.81. The standard InChI is InChI=1S/C25H33N5O6S/c1-17(2)14-18-8-10-20(11-9-18)37(34,35)30-22(25(32)33)16-28-24(31)21-15-19(36-29-21)6-5-13-27-23-7-3-4-12-26-23/h3-4,7-12,15,17,19,22,29-30H,5-6,13-14,16H2,1-2H3,(H,26,27)(H,28,31)(H,32,33)/t19?,22-/m0/s1. The van der Waals surface area contributed by atoms with Gasteiger partial charge in [0.25, 0.3) is 5.91 Å². The van der Waals surface area contributed by atoms with Crippen molar-refractivity contribution < 1.29 is 28.0 Å². The first-order chi connectivity index (χ1) is 17.6. The third-order valence-corrected chi connectivity index (χ3v) is 6.98. The Bertz CT molecular complexity index is 1190. The summed E-state index contributed by atoms with van der Waals surface area (Å²) in [6.07, 6.45) is 5.17. The molecule has 0 saturated carbocycles. The van der Waals surface area contributed by atoms with Crippen LogP contribution in [0.25, 0.3) is 0 Å². The number of rotatable bonds is 14. The molecule has 37 heavy (non-hydrogen) atoms. The molecule has 0 spiro atoms. The summed E-state index contributed by atoms with van der Waals surface area (Å²) in [4.78, 5) is 33.7. The number of aliphatic carboxylic acids is 1. The van der Waals surface area contributed by atoms with Gasteiger partial charge >= 0.3 is 5.97 Å². The topological polar surface area (TPSA) is 159 Å². The monoisotopic (exact) mass is 531 g/mol. The molecular formula is C25H33N5O6S. The molecule has 1 aliphatic rings. The highest BCUT2D eigenvalue weighted by Crippen LogP contribution is 2.15. The second kappa shape index (κ2) is 13.2. The Morgan fingerprint density at radius 2 is 1.92 bits per heavy atom. The van der Waals surface area contributed by atoms with Crippen LogP contribution in [-0.4, -0.2) is 55.6 Å². The largest absolute Gasteiger partial charge is 0.480 e. The Labute approximate surface area is 216 Å². The summed E-state index contributed by atoms with van der Waals surface area (Å²) in [7, 11) is -4.11. The van der Waals surface area contributed by atoms with Crippen LogP contribution in [0.2, 0.25) is 0 Å². The molecule has 0 aliphatic carbocycles. The van der Waals surface area contributed by atoms with Crippen molar-refractivity contribution in [2.75, 3.05) is 18.4 Å². The minimum absolute atomic E-state index is 0.0495. The van der Waals surface area contributed by atoms with Crippen LogP contribution in [0.4, 0.5) is 5.82 Å². The molecule has 1 unspecified atom stereocenters. The molecule has 2 heterocycles. The lowest BCUT2D eigenvalue weighted by Crippen LogP contribution is -2.48. The number of benzene rings is 1. The molecule has 2 atom stereocenters. The molecule has 11 nitrogen and oxygen atoms in total. The van der Waals surface area contributed by atoms with Crippen molar-refractivity contribution in [2.45, 2.75) is 50.2 Å². The second-order valence-electron chi connectivity index (χ2n) is 9.09. The number of nitrogens with zero attached hydrogens (tertiary/aromatic N) is 1. The summed E-state index contributed by atoms with van der Waals surface area (Å²) >= 11 is 0. The summed E-state index contributed by atoms with van der Waals surface area (Å²) in [6, 6.07) is 10.3. The summed E-state index contributed by atoms with van der Waals surface area (Å²) in [5.74, 6) is -0.823. The Morgan fingerprint density at radius 1 is 1.16 bits per heavy atom. The zero-order chi connectivity index (χ0) is 26.8. The van der Waals surface area contributed by atoms with E-state index in [1.165, 1.54) is 12.1 Å². The van der Waals surface area contributed by atoms with Crippen LogP contribution in [0.3, 0.4) is 0 Å². The Kier molecular flexibility index (Phi) is 10.0. The molecule has 0 saturated heterocycles. The molecule has 5 N–H and O–H groups in total. The van der Waals surface area contributed by atoms with E-state index in [-0.39, 0.29) is 16.7 Å². The molecule has 1 aromatic heterocycles. The lowest BCUT2D eigenvalue weighted by atomic mass is 10.0. The molecule has 0 radical (unpaired) electrons. The average molecular weight is 532 g/mol. The van der Waals surface area contributed by atoms with Crippen LogP contribution in [0.5, 0.6) is 0 Å². The number of carbonyl (C=O) groups is 2. The number of sulfonamides is 1. The minimum Gasteiger partial charge on any atom is -0.480 e.